The molecule has 0 aromatic carbocycles. The number of Topliss-reactive ketones (excluding diaryl/α,β-unsaturated/α-hetero) is 1. The van der Waals surface area contributed by atoms with Gasteiger partial charge in [-0.25, -0.2) is 0 Å². The van der Waals surface area contributed by atoms with Crippen LogP contribution in [-0.4, -0.2) is 30.3 Å². The summed E-state index contributed by atoms with van der Waals surface area (Å²) in [6, 6.07) is 0. The first-order chi connectivity index (χ1) is 7.00. The number of nitrogens with zero attached hydrogens (tertiary/aromatic N) is 1. The molecule has 1 saturated carbocycles. The van der Waals surface area contributed by atoms with E-state index in [1.165, 1.54) is 12.8 Å². The molecule has 0 radical (unpaired) electrons. The van der Waals surface area contributed by atoms with Gasteiger partial charge >= 0.3 is 0 Å². The Labute approximate surface area is 93.3 Å². The van der Waals surface area contributed by atoms with E-state index in [-0.39, 0.29) is 11.3 Å². The maximum atomic E-state index is 12.3. The van der Waals surface area contributed by atoms with Gasteiger partial charge in [-0.15, -0.1) is 0 Å². The van der Waals surface area contributed by atoms with Gasteiger partial charge in [0.2, 0.25) is 0 Å². The smallest absolute Gasteiger partial charge is 0.178 e. The van der Waals surface area contributed by atoms with E-state index in [0.29, 0.717) is 5.57 Å². The molecule has 0 spiro atoms. The van der Waals surface area contributed by atoms with Crippen molar-refractivity contribution in [3.8, 4) is 0 Å². The first-order valence-electron chi connectivity index (χ1n) is 5.88. The van der Waals surface area contributed by atoms with Crippen molar-refractivity contribution in [3.05, 3.63) is 12.2 Å². The van der Waals surface area contributed by atoms with E-state index in [2.05, 4.69) is 11.5 Å². The van der Waals surface area contributed by atoms with Crippen LogP contribution in [0.4, 0.5) is 0 Å². The number of rotatable bonds is 3. The van der Waals surface area contributed by atoms with Gasteiger partial charge in [-0.3, -0.25) is 9.69 Å². The summed E-state index contributed by atoms with van der Waals surface area (Å²) in [5.74, 6) is 0.245. The summed E-state index contributed by atoms with van der Waals surface area (Å²) in [4.78, 5) is 14.4. The normalized spacial score (nSPS) is 21.1. The summed E-state index contributed by atoms with van der Waals surface area (Å²) in [6.45, 7) is 5.64. The number of carbonyl (C=O) groups excluding carboxylic acids is 1. The first kappa shape index (κ1) is 12.4. The van der Waals surface area contributed by atoms with Crippen molar-refractivity contribution < 1.29 is 4.79 Å². The zero-order valence-electron chi connectivity index (χ0n) is 10.3. The Morgan fingerprint density at radius 3 is 1.93 bits per heavy atom. The number of hydrogen-bond acceptors (Lipinski definition) is 2. The average Bonchev–Trinajstić information content (AvgIpc) is 2.42. The Kier molecular flexibility index (Phi) is 4.09. The van der Waals surface area contributed by atoms with Gasteiger partial charge in [0, 0.05) is 0 Å². The van der Waals surface area contributed by atoms with Gasteiger partial charge in [0.05, 0.1) is 5.54 Å². The molecule has 86 valence electrons. The summed E-state index contributed by atoms with van der Waals surface area (Å²) >= 11 is 0. The average molecular weight is 209 g/mol. The third-order valence-corrected chi connectivity index (χ3v) is 3.60. The van der Waals surface area contributed by atoms with Crippen LogP contribution in [0, 0.1) is 0 Å². The van der Waals surface area contributed by atoms with Crippen molar-refractivity contribution in [1.29, 1.82) is 0 Å². The molecule has 0 N–H and O–H groups in total. The Balaban J connectivity index is 2.94. The molecule has 0 saturated heterocycles. The van der Waals surface area contributed by atoms with Crippen LogP contribution in [0.3, 0.4) is 0 Å². The highest BCUT2D eigenvalue weighted by molar-refractivity contribution is 6.01. The van der Waals surface area contributed by atoms with Crippen LogP contribution >= 0.6 is 0 Å². The van der Waals surface area contributed by atoms with Crippen LogP contribution in [-0.2, 0) is 4.79 Å². The van der Waals surface area contributed by atoms with Gasteiger partial charge in [-0.1, -0.05) is 32.3 Å². The highest BCUT2D eigenvalue weighted by Crippen LogP contribution is 2.33. The Bertz CT molecular complexity index is 247. The van der Waals surface area contributed by atoms with Crippen molar-refractivity contribution in [2.45, 2.75) is 51.0 Å². The first-order valence-corrected chi connectivity index (χ1v) is 5.88. The molecule has 2 nitrogen and oxygen atoms in total. The molecule has 0 bridgehead atoms. The minimum atomic E-state index is -0.262. The van der Waals surface area contributed by atoms with Gasteiger partial charge in [-0.05, 0) is 39.4 Å². The Morgan fingerprint density at radius 2 is 1.60 bits per heavy atom. The topological polar surface area (TPSA) is 20.3 Å². The van der Waals surface area contributed by atoms with Crippen LogP contribution in [0.5, 0.6) is 0 Å². The molecule has 0 aliphatic heterocycles. The molecule has 0 aromatic rings. The number of hydrogen-bond donors (Lipinski definition) is 0. The Morgan fingerprint density at radius 1 is 1.13 bits per heavy atom. The maximum Gasteiger partial charge on any atom is 0.178 e. The summed E-state index contributed by atoms with van der Waals surface area (Å²) in [5, 5.41) is 0. The van der Waals surface area contributed by atoms with E-state index in [1.807, 2.05) is 21.0 Å². The molecule has 0 amide bonds. The molecule has 1 aliphatic carbocycles. The minimum Gasteiger partial charge on any atom is -0.297 e. The van der Waals surface area contributed by atoms with Crippen molar-refractivity contribution in [3.63, 3.8) is 0 Å². The molecule has 1 fully saturated rings. The van der Waals surface area contributed by atoms with E-state index < -0.39 is 0 Å². The monoisotopic (exact) mass is 209 g/mol. The van der Waals surface area contributed by atoms with Crippen LogP contribution in [0.1, 0.15) is 45.4 Å². The third kappa shape index (κ3) is 2.49. The molecule has 2 heteroatoms. The zero-order chi connectivity index (χ0) is 11.5. The van der Waals surface area contributed by atoms with Gasteiger partial charge in [0.25, 0.3) is 0 Å². The van der Waals surface area contributed by atoms with E-state index in [4.69, 9.17) is 0 Å². The zero-order valence-corrected chi connectivity index (χ0v) is 10.3. The third-order valence-electron chi connectivity index (χ3n) is 3.60. The highest BCUT2D eigenvalue weighted by Gasteiger charge is 2.40. The lowest BCUT2D eigenvalue weighted by Gasteiger charge is -2.38. The fourth-order valence-corrected chi connectivity index (χ4v) is 2.59. The van der Waals surface area contributed by atoms with Crippen LogP contribution in [0.2, 0.25) is 0 Å². The lowest BCUT2D eigenvalue weighted by molar-refractivity contribution is -0.126. The minimum absolute atomic E-state index is 0.245. The number of likely N-dealkylation sites (N-methyl/N-ethyl adjacent to an activating group) is 1. The second-order valence-electron chi connectivity index (χ2n) is 4.95. The molecule has 0 unspecified atom stereocenters. The lowest BCUT2D eigenvalue weighted by Crippen LogP contribution is -2.51. The second-order valence-corrected chi connectivity index (χ2v) is 4.95. The predicted molar refractivity (Wildman–Crippen MR) is 63.9 cm³/mol. The summed E-state index contributed by atoms with van der Waals surface area (Å²) in [6.07, 6.45) is 6.84. The maximum absolute atomic E-state index is 12.3. The van der Waals surface area contributed by atoms with Crippen molar-refractivity contribution in [2.24, 2.45) is 0 Å². The molecule has 0 aromatic heterocycles. The summed E-state index contributed by atoms with van der Waals surface area (Å²) in [7, 11) is 4.04. The van der Waals surface area contributed by atoms with Crippen molar-refractivity contribution in [1.82, 2.24) is 4.90 Å². The van der Waals surface area contributed by atoms with Gasteiger partial charge < -0.3 is 0 Å². The molecule has 0 heterocycles. The van der Waals surface area contributed by atoms with Gasteiger partial charge in [-0.2, -0.15) is 0 Å². The van der Waals surface area contributed by atoms with Crippen LogP contribution in [0.15, 0.2) is 12.2 Å². The van der Waals surface area contributed by atoms with E-state index >= 15 is 0 Å². The Hall–Kier alpha value is -0.630. The van der Waals surface area contributed by atoms with E-state index in [1.54, 1.807) is 0 Å². The van der Waals surface area contributed by atoms with Gasteiger partial charge in [0.15, 0.2) is 5.78 Å². The fraction of sp³-hybridized carbons (Fsp3) is 0.769. The van der Waals surface area contributed by atoms with Crippen LogP contribution < -0.4 is 0 Å². The molecule has 1 rings (SSSR count). The molecule has 0 atom stereocenters. The molecular weight excluding hydrogens is 186 g/mol. The number of carbonyl (C=O) groups is 1. The molecular formula is C13H23NO. The molecule has 15 heavy (non-hydrogen) atoms. The largest absolute Gasteiger partial charge is 0.297 e. The predicted octanol–water partition coefficient (Wildman–Crippen LogP) is 2.79. The SMILES string of the molecule is C=C(C)C(=O)C1(N(C)C)CCCCCC1. The summed E-state index contributed by atoms with van der Waals surface area (Å²) < 4.78 is 0. The highest BCUT2D eigenvalue weighted by atomic mass is 16.1. The molecule has 1 aliphatic rings. The van der Waals surface area contributed by atoms with Crippen molar-refractivity contribution in [2.75, 3.05) is 14.1 Å². The van der Waals surface area contributed by atoms with Crippen molar-refractivity contribution >= 4 is 5.78 Å². The lowest BCUT2D eigenvalue weighted by atomic mass is 9.82. The fourth-order valence-electron chi connectivity index (χ4n) is 2.59. The summed E-state index contributed by atoms with van der Waals surface area (Å²) in [5.41, 5.74) is 0.438. The van der Waals surface area contributed by atoms with E-state index in [9.17, 15) is 4.79 Å². The second kappa shape index (κ2) is 4.93. The number of ketones is 1. The van der Waals surface area contributed by atoms with Gasteiger partial charge in [0.1, 0.15) is 0 Å². The van der Waals surface area contributed by atoms with E-state index in [0.717, 1.165) is 25.7 Å². The standard InChI is InChI=1S/C13H23NO/c1-11(2)12(15)13(14(3)4)9-7-5-6-8-10-13/h1,5-10H2,2-4H3. The van der Waals surface area contributed by atoms with Crippen LogP contribution in [0.25, 0.3) is 0 Å². The quantitative estimate of drug-likeness (QED) is 0.526.